The zero-order chi connectivity index (χ0) is 15.5. The van der Waals surface area contributed by atoms with Gasteiger partial charge in [0.15, 0.2) is 0 Å². The van der Waals surface area contributed by atoms with Gasteiger partial charge in [0.2, 0.25) is 0 Å². The van der Waals surface area contributed by atoms with E-state index in [1.165, 1.54) is 25.1 Å². The first-order valence-electron chi connectivity index (χ1n) is 6.47. The lowest BCUT2D eigenvalue weighted by atomic mass is 9.95. The van der Waals surface area contributed by atoms with Crippen LogP contribution in [-0.4, -0.2) is 19.2 Å². The fourth-order valence-electron chi connectivity index (χ4n) is 2.13. The molecule has 1 aliphatic rings. The van der Waals surface area contributed by atoms with Crippen LogP contribution in [0.25, 0.3) is 0 Å². The van der Waals surface area contributed by atoms with E-state index in [2.05, 4.69) is 9.47 Å². The molecule has 0 radical (unpaired) electrons. The maximum Gasteiger partial charge on any atom is 0.387 e. The molecule has 0 heterocycles. The maximum absolute atomic E-state index is 13.7. The van der Waals surface area contributed by atoms with E-state index in [1.807, 2.05) is 0 Å². The van der Waals surface area contributed by atoms with Crippen LogP contribution in [0.5, 0.6) is 5.75 Å². The lowest BCUT2D eigenvalue weighted by Gasteiger charge is -2.12. The molecule has 0 atom stereocenters. The van der Waals surface area contributed by atoms with E-state index in [-0.39, 0.29) is 12.4 Å². The van der Waals surface area contributed by atoms with Crippen molar-refractivity contribution in [3.63, 3.8) is 0 Å². The molecular formula is C15H15F3O3. The number of rotatable bonds is 6. The number of carbonyl (C=O) groups is 1. The predicted octanol–water partition coefficient (Wildman–Crippen LogP) is 3.74. The summed E-state index contributed by atoms with van der Waals surface area (Å²) in [6.45, 7) is -2.04. The second kappa shape index (κ2) is 6.20. The Morgan fingerprint density at radius 3 is 2.43 bits per heavy atom. The second-order valence-corrected chi connectivity index (χ2v) is 4.93. The average molecular weight is 300 g/mol. The van der Waals surface area contributed by atoms with Crippen LogP contribution in [0.15, 0.2) is 36.2 Å². The molecule has 6 heteroatoms. The van der Waals surface area contributed by atoms with Crippen molar-refractivity contribution in [2.24, 2.45) is 0 Å². The predicted molar refractivity (Wildman–Crippen MR) is 69.8 cm³/mol. The standard InChI is InChI=1S/C15H15F3O3/c1-10(19)20-9-12(16)8-15(6-7-15)11-2-4-13(5-3-11)21-14(17)18/h2-5,8,14H,6-7,9H2,1H3/b12-8-. The van der Waals surface area contributed by atoms with Crippen LogP contribution in [0.2, 0.25) is 0 Å². The number of benzene rings is 1. The summed E-state index contributed by atoms with van der Waals surface area (Å²) in [4.78, 5) is 10.6. The van der Waals surface area contributed by atoms with E-state index in [1.54, 1.807) is 12.1 Å². The van der Waals surface area contributed by atoms with Crippen molar-refractivity contribution in [3.8, 4) is 5.75 Å². The molecule has 0 bridgehead atoms. The van der Waals surface area contributed by atoms with E-state index in [4.69, 9.17) is 0 Å². The summed E-state index contributed by atoms with van der Waals surface area (Å²) in [5.74, 6) is -0.999. The summed E-state index contributed by atoms with van der Waals surface area (Å²) in [5.41, 5.74) is 0.384. The third kappa shape index (κ3) is 4.24. The van der Waals surface area contributed by atoms with E-state index in [9.17, 15) is 18.0 Å². The van der Waals surface area contributed by atoms with Crippen molar-refractivity contribution >= 4 is 5.97 Å². The molecule has 0 amide bonds. The molecule has 3 nitrogen and oxygen atoms in total. The highest BCUT2D eigenvalue weighted by Crippen LogP contribution is 2.50. The summed E-state index contributed by atoms with van der Waals surface area (Å²) < 4.78 is 46.7. The summed E-state index contributed by atoms with van der Waals surface area (Å²) in [6, 6.07) is 6.14. The van der Waals surface area contributed by atoms with Crippen molar-refractivity contribution in [1.29, 1.82) is 0 Å². The quantitative estimate of drug-likeness (QED) is 0.751. The second-order valence-electron chi connectivity index (χ2n) is 4.93. The van der Waals surface area contributed by atoms with Crippen LogP contribution in [0.1, 0.15) is 25.3 Å². The topological polar surface area (TPSA) is 35.5 Å². The third-order valence-electron chi connectivity index (χ3n) is 3.29. The minimum absolute atomic E-state index is 0.0638. The van der Waals surface area contributed by atoms with E-state index < -0.39 is 23.8 Å². The number of ether oxygens (including phenoxy) is 2. The van der Waals surface area contributed by atoms with Crippen molar-refractivity contribution in [2.75, 3.05) is 6.61 Å². The zero-order valence-electron chi connectivity index (χ0n) is 11.4. The van der Waals surface area contributed by atoms with E-state index >= 15 is 0 Å². The van der Waals surface area contributed by atoms with Crippen LogP contribution >= 0.6 is 0 Å². The molecular weight excluding hydrogens is 285 g/mol. The molecule has 21 heavy (non-hydrogen) atoms. The molecule has 1 aromatic rings. The molecule has 0 spiro atoms. The molecule has 0 saturated heterocycles. The highest BCUT2D eigenvalue weighted by atomic mass is 19.3. The lowest BCUT2D eigenvalue weighted by Crippen LogP contribution is -2.07. The Kier molecular flexibility index (Phi) is 4.55. The van der Waals surface area contributed by atoms with Crippen LogP contribution in [-0.2, 0) is 14.9 Å². The SMILES string of the molecule is CC(=O)OC/C(F)=C/C1(c2ccc(OC(F)F)cc2)CC1. The van der Waals surface area contributed by atoms with Crippen LogP contribution in [0.3, 0.4) is 0 Å². The van der Waals surface area contributed by atoms with Gasteiger partial charge in [-0.3, -0.25) is 4.79 Å². The molecule has 0 aliphatic heterocycles. The number of hydrogen-bond donors (Lipinski definition) is 0. The van der Waals surface area contributed by atoms with Gasteiger partial charge in [0.25, 0.3) is 0 Å². The number of esters is 1. The van der Waals surface area contributed by atoms with Gasteiger partial charge in [-0.05, 0) is 36.6 Å². The van der Waals surface area contributed by atoms with Gasteiger partial charge in [-0.15, -0.1) is 0 Å². The van der Waals surface area contributed by atoms with Crippen molar-refractivity contribution in [1.82, 2.24) is 0 Å². The van der Waals surface area contributed by atoms with Gasteiger partial charge in [-0.1, -0.05) is 12.1 Å². The lowest BCUT2D eigenvalue weighted by molar-refractivity contribution is -0.140. The monoisotopic (exact) mass is 300 g/mol. The molecule has 0 unspecified atom stereocenters. The summed E-state index contributed by atoms with van der Waals surface area (Å²) in [6.07, 6.45) is 2.95. The number of hydrogen-bond acceptors (Lipinski definition) is 3. The zero-order valence-corrected chi connectivity index (χ0v) is 11.4. The first kappa shape index (κ1) is 15.4. The van der Waals surface area contributed by atoms with Crippen LogP contribution in [0, 0.1) is 0 Å². The number of allylic oxidation sites excluding steroid dienone is 1. The average Bonchev–Trinajstić information content (AvgIpc) is 3.17. The number of carbonyl (C=O) groups excluding carboxylic acids is 1. The normalized spacial score (nSPS) is 16.7. The van der Waals surface area contributed by atoms with Crippen molar-refractivity contribution in [2.45, 2.75) is 31.8 Å². The maximum atomic E-state index is 13.7. The van der Waals surface area contributed by atoms with Crippen molar-refractivity contribution in [3.05, 3.63) is 41.7 Å². The number of halogens is 3. The highest BCUT2D eigenvalue weighted by molar-refractivity contribution is 5.66. The Morgan fingerprint density at radius 1 is 1.33 bits per heavy atom. The molecule has 1 fully saturated rings. The van der Waals surface area contributed by atoms with Gasteiger partial charge in [-0.2, -0.15) is 8.78 Å². The van der Waals surface area contributed by atoms with E-state index in [0.717, 1.165) is 18.4 Å². The fourth-order valence-corrected chi connectivity index (χ4v) is 2.13. The van der Waals surface area contributed by atoms with Gasteiger partial charge >= 0.3 is 12.6 Å². The minimum Gasteiger partial charge on any atom is -0.459 e. The largest absolute Gasteiger partial charge is 0.459 e. The Balaban J connectivity index is 2.06. The summed E-state index contributed by atoms with van der Waals surface area (Å²) in [7, 11) is 0. The van der Waals surface area contributed by atoms with Gasteiger partial charge < -0.3 is 9.47 Å². The Morgan fingerprint density at radius 2 is 1.95 bits per heavy atom. The highest BCUT2D eigenvalue weighted by Gasteiger charge is 2.42. The first-order chi connectivity index (χ1) is 9.91. The van der Waals surface area contributed by atoms with E-state index in [0.29, 0.717) is 0 Å². The number of alkyl halides is 2. The Labute approximate surface area is 120 Å². The molecule has 114 valence electrons. The molecule has 2 rings (SSSR count). The fraction of sp³-hybridized carbons (Fsp3) is 0.400. The molecule has 1 saturated carbocycles. The Bertz CT molecular complexity index is 534. The summed E-state index contributed by atoms with van der Waals surface area (Å²) >= 11 is 0. The first-order valence-corrected chi connectivity index (χ1v) is 6.47. The van der Waals surface area contributed by atoms with Gasteiger partial charge in [-0.25, -0.2) is 4.39 Å². The summed E-state index contributed by atoms with van der Waals surface area (Å²) in [5, 5.41) is 0. The molecule has 0 N–H and O–H groups in total. The third-order valence-corrected chi connectivity index (χ3v) is 3.29. The Hall–Kier alpha value is -1.98. The smallest absolute Gasteiger partial charge is 0.387 e. The molecule has 1 aliphatic carbocycles. The van der Waals surface area contributed by atoms with Gasteiger partial charge in [0, 0.05) is 12.3 Å². The van der Waals surface area contributed by atoms with Gasteiger partial charge in [0.1, 0.15) is 18.2 Å². The van der Waals surface area contributed by atoms with Crippen LogP contribution in [0.4, 0.5) is 13.2 Å². The minimum atomic E-state index is -2.87. The van der Waals surface area contributed by atoms with Crippen LogP contribution < -0.4 is 4.74 Å². The molecule has 0 aromatic heterocycles. The van der Waals surface area contributed by atoms with Gasteiger partial charge in [0.05, 0.1) is 0 Å². The molecule has 1 aromatic carbocycles. The van der Waals surface area contributed by atoms with Crippen molar-refractivity contribution < 1.29 is 27.4 Å².